The van der Waals surface area contributed by atoms with E-state index in [9.17, 15) is 19.8 Å². The van der Waals surface area contributed by atoms with Crippen LogP contribution in [0.3, 0.4) is 0 Å². The predicted molar refractivity (Wildman–Crippen MR) is 329 cm³/mol. The normalized spacial score (nSPS) is 12.6. The highest BCUT2D eigenvalue weighted by Crippen LogP contribution is 2.18. The minimum atomic E-state index is -0.847. The smallest absolute Gasteiger partial charge is 0.305 e. The molecule has 0 radical (unpaired) electrons. The quantitative estimate of drug-likeness (QED) is 0.0320. The second-order valence-corrected chi connectivity index (χ2v) is 23.5. The zero-order valence-corrected chi connectivity index (χ0v) is 50.8. The molecule has 0 spiro atoms. The third kappa shape index (κ3) is 61.4. The Morgan fingerprint density at radius 2 is 0.627 bits per heavy atom. The first kappa shape index (κ1) is 73.3. The molecule has 0 aromatic carbocycles. The van der Waals surface area contributed by atoms with Gasteiger partial charge in [-0.1, -0.05) is 334 Å². The maximum absolute atomic E-state index is 12.5. The highest BCUT2D eigenvalue weighted by molar-refractivity contribution is 5.76. The van der Waals surface area contributed by atoms with Crippen LogP contribution >= 0.6 is 0 Å². The number of aliphatic hydroxyl groups excluding tert-OH is 2. The number of ether oxygens (including phenoxy) is 1. The van der Waals surface area contributed by atoms with Crippen LogP contribution in [0.25, 0.3) is 0 Å². The van der Waals surface area contributed by atoms with E-state index in [1.807, 2.05) is 6.08 Å². The summed E-state index contributed by atoms with van der Waals surface area (Å²) < 4.78 is 5.49. The Balaban J connectivity index is 3.41. The summed E-state index contributed by atoms with van der Waals surface area (Å²) in [5.74, 6) is -0.0518. The van der Waals surface area contributed by atoms with Crippen LogP contribution < -0.4 is 5.32 Å². The Labute approximate surface area is 469 Å². The van der Waals surface area contributed by atoms with Gasteiger partial charge < -0.3 is 20.3 Å². The summed E-state index contributed by atoms with van der Waals surface area (Å²) >= 11 is 0. The molecule has 2 atom stereocenters. The lowest BCUT2D eigenvalue weighted by Crippen LogP contribution is -2.45. The summed E-state index contributed by atoms with van der Waals surface area (Å²) in [4.78, 5) is 24.6. The first-order valence-electron chi connectivity index (χ1n) is 34.1. The van der Waals surface area contributed by atoms with Crippen molar-refractivity contribution in [1.29, 1.82) is 0 Å². The average Bonchev–Trinajstić information content (AvgIpc) is 3.41. The van der Waals surface area contributed by atoms with Crippen LogP contribution in [0.15, 0.2) is 24.3 Å². The fourth-order valence-electron chi connectivity index (χ4n) is 10.7. The lowest BCUT2D eigenvalue weighted by Gasteiger charge is -2.20. The van der Waals surface area contributed by atoms with E-state index in [2.05, 4.69) is 31.3 Å². The van der Waals surface area contributed by atoms with Gasteiger partial charge in [-0.3, -0.25) is 9.59 Å². The Hall–Kier alpha value is -1.66. The van der Waals surface area contributed by atoms with Crippen molar-refractivity contribution in [2.45, 2.75) is 392 Å². The van der Waals surface area contributed by atoms with E-state index < -0.39 is 12.1 Å². The third-order valence-electron chi connectivity index (χ3n) is 16.0. The zero-order chi connectivity index (χ0) is 54.3. The van der Waals surface area contributed by atoms with E-state index in [0.717, 1.165) is 38.5 Å². The van der Waals surface area contributed by atoms with Gasteiger partial charge >= 0.3 is 5.97 Å². The fraction of sp³-hybridized carbons (Fsp3) is 0.913. The van der Waals surface area contributed by atoms with Gasteiger partial charge in [0.25, 0.3) is 0 Å². The van der Waals surface area contributed by atoms with Gasteiger partial charge in [-0.15, -0.1) is 0 Å². The largest absolute Gasteiger partial charge is 0.466 e. The molecule has 444 valence electrons. The SMILES string of the molecule is CCCCCCCCCCCCCCCCCCC/C=C/C(O)C(CO)NC(=O)CCCCCCCCCCC/C=C\CCCCCCCCCCCCCCOC(=O)CCCCCCCCCCCCCCCC. The molecule has 6 nitrogen and oxygen atoms in total. The molecule has 0 saturated carbocycles. The Morgan fingerprint density at radius 1 is 0.360 bits per heavy atom. The number of hydrogen-bond acceptors (Lipinski definition) is 5. The van der Waals surface area contributed by atoms with Gasteiger partial charge in [0.15, 0.2) is 0 Å². The molecule has 0 saturated heterocycles. The van der Waals surface area contributed by atoms with Crippen LogP contribution in [0.1, 0.15) is 380 Å². The number of nitrogens with one attached hydrogen (secondary N) is 1. The summed E-state index contributed by atoms with van der Waals surface area (Å²) in [5.41, 5.74) is 0. The fourth-order valence-corrected chi connectivity index (χ4v) is 10.7. The summed E-state index contributed by atoms with van der Waals surface area (Å²) in [6.45, 7) is 4.94. The molecule has 2 unspecified atom stereocenters. The minimum Gasteiger partial charge on any atom is -0.466 e. The molecule has 0 aromatic rings. The highest BCUT2D eigenvalue weighted by atomic mass is 16.5. The molecular weight excluding hydrogens is 923 g/mol. The van der Waals surface area contributed by atoms with Crippen LogP contribution in [0.4, 0.5) is 0 Å². The van der Waals surface area contributed by atoms with Gasteiger partial charge in [0, 0.05) is 12.8 Å². The molecule has 1 amide bonds. The second-order valence-electron chi connectivity index (χ2n) is 23.5. The van der Waals surface area contributed by atoms with Crippen LogP contribution in [0.5, 0.6) is 0 Å². The summed E-state index contributed by atoms with van der Waals surface area (Å²) in [7, 11) is 0. The first-order valence-corrected chi connectivity index (χ1v) is 34.1. The molecule has 0 aliphatic rings. The molecule has 0 aliphatic heterocycles. The Morgan fingerprint density at radius 3 is 0.947 bits per heavy atom. The van der Waals surface area contributed by atoms with E-state index in [1.54, 1.807) is 6.08 Å². The number of carbonyl (C=O) groups excluding carboxylic acids is 2. The Kier molecular flexibility index (Phi) is 63.4. The predicted octanol–water partition coefficient (Wildman–Crippen LogP) is 21.8. The van der Waals surface area contributed by atoms with E-state index >= 15 is 0 Å². The van der Waals surface area contributed by atoms with Crippen molar-refractivity contribution in [2.24, 2.45) is 0 Å². The summed E-state index contributed by atoms with van der Waals surface area (Å²) in [6.07, 6.45) is 81.0. The van der Waals surface area contributed by atoms with Crippen LogP contribution in [0, 0.1) is 0 Å². The maximum atomic E-state index is 12.5. The van der Waals surface area contributed by atoms with Crippen LogP contribution in [-0.4, -0.2) is 47.4 Å². The minimum absolute atomic E-state index is 0.0159. The maximum Gasteiger partial charge on any atom is 0.305 e. The molecule has 0 rings (SSSR count). The van der Waals surface area contributed by atoms with Crippen molar-refractivity contribution < 1.29 is 24.5 Å². The number of amides is 1. The first-order chi connectivity index (χ1) is 37.0. The van der Waals surface area contributed by atoms with Crippen molar-refractivity contribution in [1.82, 2.24) is 5.32 Å². The number of esters is 1. The van der Waals surface area contributed by atoms with Crippen molar-refractivity contribution in [3.8, 4) is 0 Å². The average molecular weight is 1060 g/mol. The molecular formula is C69H133NO5. The Bertz CT molecular complexity index is 1170. The topological polar surface area (TPSA) is 95.9 Å². The molecule has 0 aromatic heterocycles. The summed E-state index contributed by atoms with van der Waals surface area (Å²) in [5, 5.41) is 23.2. The van der Waals surface area contributed by atoms with Crippen molar-refractivity contribution in [2.75, 3.05) is 13.2 Å². The monoisotopic (exact) mass is 1060 g/mol. The molecule has 0 fully saturated rings. The van der Waals surface area contributed by atoms with Crippen molar-refractivity contribution in [3.05, 3.63) is 24.3 Å². The van der Waals surface area contributed by atoms with Gasteiger partial charge in [0.2, 0.25) is 5.91 Å². The van der Waals surface area contributed by atoms with Crippen LogP contribution in [-0.2, 0) is 14.3 Å². The lowest BCUT2D eigenvalue weighted by molar-refractivity contribution is -0.143. The van der Waals surface area contributed by atoms with Gasteiger partial charge in [-0.2, -0.15) is 0 Å². The number of allylic oxidation sites excluding steroid dienone is 3. The molecule has 0 aliphatic carbocycles. The number of rotatable bonds is 64. The molecule has 6 heteroatoms. The molecule has 0 bridgehead atoms. The lowest BCUT2D eigenvalue weighted by atomic mass is 10.0. The number of unbranched alkanes of at least 4 members (excludes halogenated alkanes) is 51. The van der Waals surface area contributed by atoms with Gasteiger partial charge in [-0.25, -0.2) is 0 Å². The van der Waals surface area contributed by atoms with E-state index in [4.69, 9.17) is 4.74 Å². The number of carbonyl (C=O) groups is 2. The zero-order valence-electron chi connectivity index (χ0n) is 50.8. The molecule has 0 heterocycles. The second kappa shape index (κ2) is 64.9. The van der Waals surface area contributed by atoms with Gasteiger partial charge in [0.05, 0.1) is 25.4 Å². The standard InChI is InChI=1S/C69H133NO5/c1-3-5-7-9-11-13-15-17-19-20-28-31-34-37-41-45-49-53-57-61-67(72)66(65-71)70-68(73)62-58-54-50-46-42-38-35-32-29-26-24-22-21-23-25-27-30-33-36-40-44-48-52-56-60-64-75-69(74)63-59-55-51-47-43-39-18-16-14-12-10-8-6-4-2/h22,24,57,61,66-67,71-72H,3-21,23,25-56,58-60,62-65H2,1-2H3,(H,70,73)/b24-22-,61-57+. The van der Waals surface area contributed by atoms with E-state index in [0.29, 0.717) is 19.4 Å². The number of hydrogen-bond donors (Lipinski definition) is 3. The third-order valence-corrected chi connectivity index (χ3v) is 16.0. The van der Waals surface area contributed by atoms with Crippen molar-refractivity contribution >= 4 is 11.9 Å². The van der Waals surface area contributed by atoms with Gasteiger partial charge in [-0.05, 0) is 57.8 Å². The molecule has 3 N–H and O–H groups in total. The van der Waals surface area contributed by atoms with Crippen LogP contribution in [0.2, 0.25) is 0 Å². The number of aliphatic hydroxyl groups is 2. The van der Waals surface area contributed by atoms with E-state index in [1.165, 1.54) is 315 Å². The molecule has 75 heavy (non-hydrogen) atoms. The van der Waals surface area contributed by atoms with E-state index in [-0.39, 0.29) is 18.5 Å². The highest BCUT2D eigenvalue weighted by Gasteiger charge is 2.18. The summed E-state index contributed by atoms with van der Waals surface area (Å²) in [6, 6.07) is -0.630. The van der Waals surface area contributed by atoms with Crippen molar-refractivity contribution in [3.63, 3.8) is 0 Å². The van der Waals surface area contributed by atoms with Gasteiger partial charge in [0.1, 0.15) is 0 Å².